The van der Waals surface area contributed by atoms with E-state index in [9.17, 15) is 17.6 Å². The predicted molar refractivity (Wildman–Crippen MR) is 79.0 cm³/mol. The smallest absolute Gasteiger partial charge is 0.250 e. The van der Waals surface area contributed by atoms with E-state index in [2.05, 4.69) is 20.2 Å². The third kappa shape index (κ3) is 4.21. The Hall–Kier alpha value is -2.85. The standard InChI is InChI=1S/C15H13F5N6/c16-13-3-12(15(18,19)20)2-1-11(13)4-14(17,5-25-9-21-7-23-25)6-26-10-22-8-24-26/h1-3,7-10H,4-6H2. The van der Waals surface area contributed by atoms with Crippen molar-refractivity contribution in [3.05, 3.63) is 60.5 Å². The summed E-state index contributed by atoms with van der Waals surface area (Å²) >= 11 is 0. The molecule has 0 aliphatic carbocycles. The van der Waals surface area contributed by atoms with Gasteiger partial charge in [0.15, 0.2) is 5.67 Å². The first kappa shape index (κ1) is 18.0. The summed E-state index contributed by atoms with van der Waals surface area (Å²) in [5.41, 5.74) is -3.39. The van der Waals surface area contributed by atoms with Crippen LogP contribution in [0.5, 0.6) is 0 Å². The van der Waals surface area contributed by atoms with E-state index in [1.54, 1.807) is 0 Å². The van der Waals surface area contributed by atoms with Gasteiger partial charge in [0.25, 0.3) is 0 Å². The second-order valence-corrected chi connectivity index (χ2v) is 5.82. The first-order valence-corrected chi connectivity index (χ1v) is 7.45. The minimum Gasteiger partial charge on any atom is -0.250 e. The van der Waals surface area contributed by atoms with Crippen LogP contribution in [-0.4, -0.2) is 35.2 Å². The summed E-state index contributed by atoms with van der Waals surface area (Å²) < 4.78 is 70.1. The molecular weight excluding hydrogens is 359 g/mol. The van der Waals surface area contributed by atoms with Crippen LogP contribution in [0.2, 0.25) is 0 Å². The number of hydrogen-bond donors (Lipinski definition) is 0. The van der Waals surface area contributed by atoms with Crippen molar-refractivity contribution in [2.24, 2.45) is 0 Å². The number of nitrogens with zero attached hydrogens (tertiary/aromatic N) is 6. The van der Waals surface area contributed by atoms with Gasteiger partial charge in [0, 0.05) is 6.42 Å². The Kier molecular flexibility index (Phi) is 4.70. The number of benzene rings is 1. The highest BCUT2D eigenvalue weighted by atomic mass is 19.4. The highest BCUT2D eigenvalue weighted by molar-refractivity contribution is 5.27. The molecule has 3 rings (SSSR count). The van der Waals surface area contributed by atoms with Gasteiger partial charge in [0.2, 0.25) is 0 Å². The summed E-state index contributed by atoms with van der Waals surface area (Å²) in [4.78, 5) is 7.44. The molecule has 11 heteroatoms. The molecule has 0 aliphatic heterocycles. The normalized spacial score (nSPS) is 12.5. The van der Waals surface area contributed by atoms with E-state index < -0.39 is 29.6 Å². The van der Waals surface area contributed by atoms with Gasteiger partial charge < -0.3 is 0 Å². The Balaban J connectivity index is 1.87. The molecule has 1 aromatic carbocycles. The van der Waals surface area contributed by atoms with Crippen LogP contribution in [0.1, 0.15) is 11.1 Å². The summed E-state index contributed by atoms with van der Waals surface area (Å²) in [5, 5.41) is 7.64. The number of halogens is 5. The van der Waals surface area contributed by atoms with Gasteiger partial charge in [-0.15, -0.1) is 0 Å². The fourth-order valence-corrected chi connectivity index (χ4v) is 2.58. The molecule has 138 valence electrons. The van der Waals surface area contributed by atoms with Gasteiger partial charge >= 0.3 is 6.18 Å². The van der Waals surface area contributed by atoms with Crippen LogP contribution in [0.4, 0.5) is 22.0 Å². The van der Waals surface area contributed by atoms with Gasteiger partial charge in [-0.25, -0.2) is 28.1 Å². The molecule has 0 amide bonds. The Labute approximate surface area is 144 Å². The molecule has 0 bridgehead atoms. The van der Waals surface area contributed by atoms with Crippen molar-refractivity contribution >= 4 is 0 Å². The molecule has 3 aromatic rings. The van der Waals surface area contributed by atoms with E-state index >= 15 is 4.39 Å². The average Bonchev–Trinajstić information content (AvgIpc) is 3.22. The van der Waals surface area contributed by atoms with Crippen molar-refractivity contribution < 1.29 is 22.0 Å². The maximum absolute atomic E-state index is 15.6. The number of alkyl halides is 4. The zero-order valence-corrected chi connectivity index (χ0v) is 13.2. The molecule has 0 fully saturated rings. The van der Waals surface area contributed by atoms with Gasteiger partial charge in [0.05, 0.1) is 18.7 Å². The molecule has 0 spiro atoms. The Bertz CT molecular complexity index is 808. The molecule has 2 aromatic heterocycles. The lowest BCUT2D eigenvalue weighted by Gasteiger charge is -2.25. The van der Waals surface area contributed by atoms with E-state index in [0.717, 1.165) is 12.1 Å². The number of rotatable bonds is 6. The first-order valence-electron chi connectivity index (χ1n) is 7.45. The molecule has 0 unspecified atom stereocenters. The van der Waals surface area contributed by atoms with E-state index in [0.29, 0.717) is 6.07 Å². The first-order chi connectivity index (χ1) is 12.3. The van der Waals surface area contributed by atoms with Crippen molar-refractivity contribution in [2.75, 3.05) is 0 Å². The lowest BCUT2D eigenvalue weighted by atomic mass is 9.94. The van der Waals surface area contributed by atoms with Crippen LogP contribution in [0.15, 0.2) is 43.5 Å². The van der Waals surface area contributed by atoms with Gasteiger partial charge in [-0.3, -0.25) is 0 Å². The van der Waals surface area contributed by atoms with Crippen molar-refractivity contribution in [1.82, 2.24) is 29.5 Å². The van der Waals surface area contributed by atoms with E-state index in [4.69, 9.17) is 0 Å². The van der Waals surface area contributed by atoms with Crippen molar-refractivity contribution in [3.63, 3.8) is 0 Å². The highest BCUT2D eigenvalue weighted by Crippen LogP contribution is 2.31. The molecule has 0 atom stereocenters. The molecule has 2 heterocycles. The van der Waals surface area contributed by atoms with Crippen LogP contribution in [-0.2, 0) is 25.7 Å². The third-order valence-corrected chi connectivity index (χ3v) is 3.71. The minimum absolute atomic E-state index is 0.180. The van der Waals surface area contributed by atoms with Crippen LogP contribution in [0.25, 0.3) is 0 Å². The van der Waals surface area contributed by atoms with Gasteiger partial charge in [-0.1, -0.05) is 6.07 Å². The summed E-state index contributed by atoms with van der Waals surface area (Å²) in [7, 11) is 0. The maximum atomic E-state index is 15.6. The van der Waals surface area contributed by atoms with Gasteiger partial charge in [-0.2, -0.15) is 23.4 Å². The molecule has 6 nitrogen and oxygen atoms in total. The fourth-order valence-electron chi connectivity index (χ4n) is 2.58. The topological polar surface area (TPSA) is 61.4 Å². The van der Waals surface area contributed by atoms with Crippen molar-refractivity contribution in [3.8, 4) is 0 Å². The SMILES string of the molecule is Fc1cc(C(F)(F)F)ccc1CC(F)(Cn1cncn1)Cn1cncn1. The van der Waals surface area contributed by atoms with Crippen LogP contribution >= 0.6 is 0 Å². The van der Waals surface area contributed by atoms with Crippen molar-refractivity contribution in [2.45, 2.75) is 31.4 Å². The Morgan fingerprint density at radius 1 is 0.885 bits per heavy atom. The van der Waals surface area contributed by atoms with Crippen LogP contribution < -0.4 is 0 Å². The molecule has 0 aliphatic rings. The van der Waals surface area contributed by atoms with E-state index in [-0.39, 0.29) is 18.7 Å². The lowest BCUT2D eigenvalue weighted by Crippen LogP contribution is -2.37. The van der Waals surface area contributed by atoms with Crippen molar-refractivity contribution in [1.29, 1.82) is 0 Å². The van der Waals surface area contributed by atoms with Crippen LogP contribution in [0, 0.1) is 5.82 Å². The molecular formula is C15H13F5N6. The summed E-state index contributed by atoms with van der Waals surface area (Å²) in [6.07, 6.45) is -0.134. The maximum Gasteiger partial charge on any atom is 0.416 e. The molecule has 0 N–H and O–H groups in total. The quantitative estimate of drug-likeness (QED) is 0.625. The monoisotopic (exact) mass is 372 g/mol. The zero-order valence-electron chi connectivity index (χ0n) is 13.2. The molecule has 0 radical (unpaired) electrons. The zero-order chi connectivity index (χ0) is 18.8. The summed E-state index contributed by atoms with van der Waals surface area (Å²) in [5.74, 6) is -1.13. The van der Waals surface area contributed by atoms with Gasteiger partial charge in [0.1, 0.15) is 31.1 Å². The summed E-state index contributed by atoms with van der Waals surface area (Å²) in [6.45, 7) is -0.569. The predicted octanol–water partition coefficient (Wildman–Crippen LogP) is 2.68. The summed E-state index contributed by atoms with van der Waals surface area (Å²) in [6, 6.07) is 2.03. The number of aromatic nitrogens is 6. The van der Waals surface area contributed by atoms with Crippen LogP contribution in [0.3, 0.4) is 0 Å². The minimum atomic E-state index is -4.67. The highest BCUT2D eigenvalue weighted by Gasteiger charge is 2.35. The second-order valence-electron chi connectivity index (χ2n) is 5.82. The second kappa shape index (κ2) is 6.81. The molecule has 0 saturated heterocycles. The van der Waals surface area contributed by atoms with Gasteiger partial charge in [-0.05, 0) is 17.7 Å². The number of hydrogen-bond acceptors (Lipinski definition) is 4. The lowest BCUT2D eigenvalue weighted by molar-refractivity contribution is -0.137. The van der Waals surface area contributed by atoms with E-state index in [1.807, 2.05) is 0 Å². The molecule has 26 heavy (non-hydrogen) atoms. The Morgan fingerprint density at radius 3 is 1.88 bits per heavy atom. The van der Waals surface area contributed by atoms with E-state index in [1.165, 1.54) is 34.7 Å². The largest absolute Gasteiger partial charge is 0.416 e. The third-order valence-electron chi connectivity index (χ3n) is 3.71. The Morgan fingerprint density at radius 2 is 1.46 bits per heavy atom. The molecule has 0 saturated carbocycles. The fraction of sp³-hybridized carbons (Fsp3) is 0.333. The average molecular weight is 372 g/mol.